The Labute approximate surface area is 263 Å². The van der Waals surface area contributed by atoms with Crippen LogP contribution in [-0.2, 0) is 25.4 Å². The fourth-order valence-corrected chi connectivity index (χ4v) is 7.12. The van der Waals surface area contributed by atoms with Crippen LogP contribution in [0.25, 0.3) is 21.5 Å². The Morgan fingerprint density at radius 3 is 2.07 bits per heavy atom. The van der Waals surface area contributed by atoms with Crippen LogP contribution in [0.4, 0.5) is 0 Å². The zero-order chi connectivity index (χ0) is 33.2. The van der Waals surface area contributed by atoms with Crippen molar-refractivity contribution in [1.82, 2.24) is 0 Å². The van der Waals surface area contributed by atoms with Crippen molar-refractivity contribution in [3.8, 4) is 23.0 Å². The summed E-state index contributed by atoms with van der Waals surface area (Å²) in [7, 11) is 0. The van der Waals surface area contributed by atoms with Crippen molar-refractivity contribution in [2.75, 3.05) is 6.61 Å². The summed E-state index contributed by atoms with van der Waals surface area (Å²) in [5.41, 5.74) is 3.86. The zero-order valence-corrected chi connectivity index (χ0v) is 25.4. The van der Waals surface area contributed by atoms with Crippen LogP contribution in [0.15, 0.2) is 24.3 Å². The number of aliphatic hydroxyl groups is 5. The number of hydrogen-bond donors (Lipinski definition) is 10. The van der Waals surface area contributed by atoms with Crippen LogP contribution in [0.1, 0.15) is 50.3 Å². The van der Waals surface area contributed by atoms with Gasteiger partial charge in [0.15, 0.2) is 12.6 Å². The summed E-state index contributed by atoms with van der Waals surface area (Å²) in [5, 5.41) is 98.5. The SMILES string of the molecule is C[C@@H]1O[C@@H](O[C@@H]2[C@H](C)O[C@@H](O[C@H]3C[C@](O)([C@H](O)CO)Cc4c3c(O)c3c(O)c5ccccc5c(O)c3c4O)C[C@@H]2O)C[C@H](N)[C@@H]1O. The molecule has 252 valence electrons. The van der Waals surface area contributed by atoms with Crippen molar-refractivity contribution in [1.29, 1.82) is 0 Å². The number of rotatable bonds is 6. The van der Waals surface area contributed by atoms with Gasteiger partial charge in [-0.15, -0.1) is 0 Å². The molecular weight excluding hydrogens is 606 g/mol. The van der Waals surface area contributed by atoms with Crippen LogP contribution in [0, 0.1) is 0 Å². The maximum absolute atomic E-state index is 11.6. The minimum Gasteiger partial charge on any atom is -0.507 e. The third kappa shape index (κ3) is 5.42. The third-order valence-electron chi connectivity index (χ3n) is 9.66. The van der Waals surface area contributed by atoms with E-state index < -0.39 is 103 Å². The number of phenols is 4. The van der Waals surface area contributed by atoms with Gasteiger partial charge in [0.05, 0.1) is 53.5 Å². The van der Waals surface area contributed by atoms with Crippen LogP contribution in [0.5, 0.6) is 23.0 Å². The Hall–Kier alpha value is -3.02. The van der Waals surface area contributed by atoms with E-state index in [0.717, 1.165) is 0 Å². The Kier molecular flexibility index (Phi) is 8.73. The molecule has 0 bridgehead atoms. The Morgan fingerprint density at radius 1 is 0.891 bits per heavy atom. The summed E-state index contributed by atoms with van der Waals surface area (Å²) in [5.74, 6) is -1.91. The average Bonchev–Trinajstić information content (AvgIpc) is 3.01. The largest absolute Gasteiger partial charge is 0.507 e. The number of hydrogen-bond acceptors (Lipinski definition) is 14. The summed E-state index contributed by atoms with van der Waals surface area (Å²) in [6, 6.07) is 5.74. The summed E-state index contributed by atoms with van der Waals surface area (Å²) < 4.78 is 24.0. The van der Waals surface area contributed by atoms with Gasteiger partial charge >= 0.3 is 0 Å². The molecule has 0 unspecified atom stereocenters. The second-order valence-electron chi connectivity index (χ2n) is 12.7. The molecule has 2 fully saturated rings. The van der Waals surface area contributed by atoms with Gasteiger partial charge in [0.1, 0.15) is 35.2 Å². The number of aromatic hydroxyl groups is 4. The van der Waals surface area contributed by atoms with E-state index in [1.54, 1.807) is 26.0 Å². The fraction of sp³-hybridized carbons (Fsp3) is 0.562. The van der Waals surface area contributed by atoms with E-state index in [1.807, 2.05) is 0 Å². The molecule has 11 N–H and O–H groups in total. The monoisotopic (exact) mass is 647 g/mol. The Morgan fingerprint density at radius 2 is 1.48 bits per heavy atom. The standard InChI is InChI=1S/C32H41NO13/c1-12-26(37)17(33)7-21(43-12)46-31-13(2)44-22(8-18(31)35)45-19-10-32(42,20(36)11-34)9-16-23(19)30(41)25-24(29(16)40)27(38)14-5-3-4-6-15(14)28(25)39/h3-6,12-13,17-22,26,31,34-42H,7-11,33H2,1-2H3/t12-,13-,17-,18-,19-,20+,21-,22-,26+,31+,32-/m0/s1. The highest BCUT2D eigenvalue weighted by atomic mass is 16.7. The van der Waals surface area contributed by atoms with E-state index in [1.165, 1.54) is 12.1 Å². The number of benzene rings is 3. The fourth-order valence-electron chi connectivity index (χ4n) is 7.12. The first-order valence-electron chi connectivity index (χ1n) is 15.3. The quantitative estimate of drug-likeness (QED) is 0.130. The molecule has 0 saturated carbocycles. The Balaban J connectivity index is 1.35. The second-order valence-corrected chi connectivity index (χ2v) is 12.7. The van der Waals surface area contributed by atoms with Gasteiger partial charge in [0.25, 0.3) is 0 Å². The number of aliphatic hydroxyl groups excluding tert-OH is 4. The zero-order valence-electron chi connectivity index (χ0n) is 25.4. The summed E-state index contributed by atoms with van der Waals surface area (Å²) in [6.45, 7) is 2.48. The molecule has 14 heteroatoms. The first-order valence-corrected chi connectivity index (χ1v) is 15.3. The second kappa shape index (κ2) is 12.2. The maximum Gasteiger partial charge on any atom is 0.161 e. The molecule has 46 heavy (non-hydrogen) atoms. The maximum atomic E-state index is 11.6. The minimum absolute atomic E-state index is 0.0222. The van der Waals surface area contributed by atoms with Crippen LogP contribution in [-0.4, -0.2) is 113 Å². The van der Waals surface area contributed by atoms with Gasteiger partial charge in [-0.1, -0.05) is 24.3 Å². The molecule has 0 amide bonds. The van der Waals surface area contributed by atoms with E-state index in [0.29, 0.717) is 0 Å². The predicted molar refractivity (Wildman–Crippen MR) is 161 cm³/mol. The molecule has 3 aliphatic rings. The van der Waals surface area contributed by atoms with E-state index in [2.05, 4.69) is 0 Å². The lowest BCUT2D eigenvalue weighted by molar-refractivity contribution is -0.312. The molecular formula is C32H41NO13. The summed E-state index contributed by atoms with van der Waals surface area (Å²) in [4.78, 5) is 0. The lowest BCUT2D eigenvalue weighted by Gasteiger charge is -2.45. The van der Waals surface area contributed by atoms with Crippen molar-refractivity contribution in [2.24, 2.45) is 5.73 Å². The van der Waals surface area contributed by atoms with Gasteiger partial charge < -0.3 is 70.6 Å². The van der Waals surface area contributed by atoms with Gasteiger partial charge in [0, 0.05) is 53.6 Å². The van der Waals surface area contributed by atoms with Crippen molar-refractivity contribution in [3.63, 3.8) is 0 Å². The van der Waals surface area contributed by atoms with Gasteiger partial charge in [-0.05, 0) is 13.8 Å². The number of nitrogens with two attached hydrogens (primary N) is 1. The normalized spacial score (nSPS) is 35.7. The van der Waals surface area contributed by atoms with Crippen molar-refractivity contribution >= 4 is 21.5 Å². The van der Waals surface area contributed by atoms with Crippen LogP contribution >= 0.6 is 0 Å². The Bertz CT molecular complexity index is 1590. The molecule has 3 aromatic carbocycles. The number of phenolic OH excluding ortho intramolecular Hbond substituents is 4. The van der Waals surface area contributed by atoms with E-state index in [-0.39, 0.29) is 51.9 Å². The smallest absolute Gasteiger partial charge is 0.161 e. The molecule has 2 heterocycles. The van der Waals surface area contributed by atoms with E-state index >= 15 is 0 Å². The highest BCUT2D eigenvalue weighted by Gasteiger charge is 2.49. The number of ether oxygens (including phenoxy) is 4. The molecule has 3 aromatic rings. The first kappa shape index (κ1) is 32.9. The van der Waals surface area contributed by atoms with Crippen LogP contribution in [0.2, 0.25) is 0 Å². The highest BCUT2D eigenvalue weighted by molar-refractivity contribution is 6.15. The average molecular weight is 648 g/mol. The first-order chi connectivity index (χ1) is 21.7. The topological polar surface area (TPSA) is 245 Å². The van der Waals surface area contributed by atoms with Crippen molar-refractivity contribution in [2.45, 2.75) is 106 Å². The van der Waals surface area contributed by atoms with E-state index in [4.69, 9.17) is 24.7 Å². The molecule has 14 nitrogen and oxygen atoms in total. The molecule has 11 atom stereocenters. The molecule has 0 radical (unpaired) electrons. The van der Waals surface area contributed by atoms with Gasteiger partial charge in [-0.3, -0.25) is 0 Å². The van der Waals surface area contributed by atoms with Gasteiger partial charge in [0.2, 0.25) is 0 Å². The van der Waals surface area contributed by atoms with E-state index in [9.17, 15) is 46.0 Å². The van der Waals surface area contributed by atoms with Gasteiger partial charge in [-0.25, -0.2) is 0 Å². The highest BCUT2D eigenvalue weighted by Crippen LogP contribution is 2.56. The molecule has 6 rings (SSSR count). The third-order valence-corrected chi connectivity index (χ3v) is 9.66. The number of fused-ring (bicyclic) bond motifs is 3. The molecule has 2 saturated heterocycles. The molecule has 1 aliphatic carbocycles. The van der Waals surface area contributed by atoms with Crippen molar-refractivity contribution in [3.05, 3.63) is 35.4 Å². The molecule has 0 aromatic heterocycles. The van der Waals surface area contributed by atoms with Crippen LogP contribution < -0.4 is 5.73 Å². The lowest BCUT2D eigenvalue weighted by Crippen LogP contribution is -2.56. The predicted octanol–water partition coefficient (Wildman–Crippen LogP) is 0.608. The van der Waals surface area contributed by atoms with Gasteiger partial charge in [-0.2, -0.15) is 0 Å². The van der Waals surface area contributed by atoms with Crippen molar-refractivity contribution < 1.29 is 64.9 Å². The summed E-state index contributed by atoms with van der Waals surface area (Å²) in [6.07, 6.45) is -9.85. The minimum atomic E-state index is -2.05. The molecule has 2 aliphatic heterocycles. The van der Waals surface area contributed by atoms with Crippen LogP contribution in [0.3, 0.4) is 0 Å². The molecule has 0 spiro atoms. The lowest BCUT2D eigenvalue weighted by atomic mass is 9.74. The summed E-state index contributed by atoms with van der Waals surface area (Å²) >= 11 is 0.